The topological polar surface area (TPSA) is 67.9 Å². The van der Waals surface area contributed by atoms with Crippen molar-refractivity contribution in [2.75, 3.05) is 16.8 Å². The second kappa shape index (κ2) is 7.67. The number of hydrogen-bond donors (Lipinski definition) is 1. The summed E-state index contributed by atoms with van der Waals surface area (Å²) in [5.74, 6) is -0.403. The molecule has 0 spiro atoms. The number of benzene rings is 2. The summed E-state index contributed by atoms with van der Waals surface area (Å²) < 4.78 is 24.9. The molecule has 1 aliphatic heterocycles. The zero-order chi connectivity index (χ0) is 20.5. The molecular weight excluding hydrogens is 387 g/mol. The van der Waals surface area contributed by atoms with Crippen LogP contribution in [0.25, 0.3) is 0 Å². The Bertz CT molecular complexity index is 907. The molecule has 1 N–H and O–H groups in total. The summed E-state index contributed by atoms with van der Waals surface area (Å²) in [7, 11) is 0. The molecule has 0 atom stereocenters. The lowest BCUT2D eigenvalue weighted by Crippen LogP contribution is -2.38. The van der Waals surface area contributed by atoms with Crippen LogP contribution >= 0.6 is 11.6 Å². The normalized spacial score (nSPS) is 13.6. The van der Waals surface area contributed by atoms with Crippen LogP contribution in [0, 0.1) is 5.82 Å². The molecule has 8 heteroatoms. The summed E-state index contributed by atoms with van der Waals surface area (Å²) in [6, 6.07) is 9.18. The van der Waals surface area contributed by atoms with Gasteiger partial charge >= 0.3 is 6.09 Å². The van der Waals surface area contributed by atoms with Gasteiger partial charge in [0.2, 0.25) is 0 Å². The van der Waals surface area contributed by atoms with Gasteiger partial charge in [0.25, 0.3) is 5.91 Å². The van der Waals surface area contributed by atoms with E-state index in [-0.39, 0.29) is 29.6 Å². The van der Waals surface area contributed by atoms with E-state index in [0.717, 1.165) is 0 Å². The standard InChI is InChI=1S/C20H20ClFN2O4/c1-20(2,3)28-19(26)23-12-7-8-17-16(9-12)24(18(25)11-27-17)10-13-14(21)5-4-6-15(13)22/h4-9H,10-11H2,1-3H3,(H,23,26). The van der Waals surface area contributed by atoms with Crippen molar-refractivity contribution in [1.29, 1.82) is 0 Å². The summed E-state index contributed by atoms with van der Waals surface area (Å²) >= 11 is 6.10. The van der Waals surface area contributed by atoms with E-state index in [9.17, 15) is 14.0 Å². The van der Waals surface area contributed by atoms with Gasteiger partial charge in [0.15, 0.2) is 6.61 Å². The van der Waals surface area contributed by atoms with Gasteiger partial charge in [-0.1, -0.05) is 17.7 Å². The summed E-state index contributed by atoms with van der Waals surface area (Å²) in [5, 5.41) is 2.84. The average Bonchev–Trinajstić information content (AvgIpc) is 2.58. The molecule has 0 aliphatic carbocycles. The summed E-state index contributed by atoms with van der Waals surface area (Å²) in [6.07, 6.45) is -0.626. The fourth-order valence-electron chi connectivity index (χ4n) is 2.72. The molecule has 2 aromatic rings. The van der Waals surface area contributed by atoms with Crippen molar-refractivity contribution in [3.8, 4) is 5.75 Å². The number of nitrogens with one attached hydrogen (secondary N) is 1. The van der Waals surface area contributed by atoms with Crippen molar-refractivity contribution >= 4 is 35.0 Å². The largest absolute Gasteiger partial charge is 0.482 e. The Kier molecular flexibility index (Phi) is 5.47. The van der Waals surface area contributed by atoms with Crippen LogP contribution in [0.5, 0.6) is 5.75 Å². The van der Waals surface area contributed by atoms with E-state index in [1.54, 1.807) is 45.0 Å². The van der Waals surface area contributed by atoms with E-state index in [1.807, 2.05) is 0 Å². The molecule has 0 unspecified atom stereocenters. The fraction of sp³-hybridized carbons (Fsp3) is 0.300. The van der Waals surface area contributed by atoms with Gasteiger partial charge in [0, 0.05) is 16.3 Å². The third-order valence-electron chi connectivity index (χ3n) is 3.93. The molecular formula is C20H20ClFN2O4. The predicted molar refractivity (Wildman–Crippen MR) is 104 cm³/mol. The van der Waals surface area contributed by atoms with Crippen molar-refractivity contribution in [1.82, 2.24) is 0 Å². The Morgan fingerprint density at radius 3 is 2.75 bits per heavy atom. The quantitative estimate of drug-likeness (QED) is 0.798. The fourth-order valence-corrected chi connectivity index (χ4v) is 2.94. The molecule has 148 valence electrons. The van der Waals surface area contributed by atoms with E-state index >= 15 is 0 Å². The monoisotopic (exact) mass is 406 g/mol. The highest BCUT2D eigenvalue weighted by Gasteiger charge is 2.28. The lowest BCUT2D eigenvalue weighted by molar-refractivity contribution is -0.121. The Balaban J connectivity index is 1.89. The van der Waals surface area contributed by atoms with Gasteiger partial charge in [-0.05, 0) is 51.1 Å². The summed E-state index contributed by atoms with van der Waals surface area (Å²) in [6.45, 7) is 5.04. The van der Waals surface area contributed by atoms with Crippen molar-refractivity contribution in [3.63, 3.8) is 0 Å². The van der Waals surface area contributed by atoms with Crippen LogP contribution < -0.4 is 15.0 Å². The first-order valence-electron chi connectivity index (χ1n) is 8.64. The van der Waals surface area contributed by atoms with Crippen LogP contribution in [0.1, 0.15) is 26.3 Å². The van der Waals surface area contributed by atoms with Crippen molar-refractivity contribution in [2.24, 2.45) is 0 Å². The minimum Gasteiger partial charge on any atom is -0.482 e. The van der Waals surface area contributed by atoms with Gasteiger partial charge < -0.3 is 14.4 Å². The molecule has 0 saturated heterocycles. The number of ether oxygens (including phenoxy) is 2. The summed E-state index contributed by atoms with van der Waals surface area (Å²) in [4.78, 5) is 25.8. The number of nitrogens with zero attached hydrogens (tertiary/aromatic N) is 1. The van der Waals surface area contributed by atoms with Gasteiger partial charge in [-0.15, -0.1) is 0 Å². The second-order valence-electron chi connectivity index (χ2n) is 7.28. The Morgan fingerprint density at radius 1 is 1.32 bits per heavy atom. The average molecular weight is 407 g/mol. The van der Waals surface area contributed by atoms with Gasteiger partial charge in [0.05, 0.1) is 12.2 Å². The van der Waals surface area contributed by atoms with Gasteiger partial charge in [-0.2, -0.15) is 0 Å². The number of rotatable bonds is 3. The van der Waals surface area contributed by atoms with Crippen LogP contribution in [-0.4, -0.2) is 24.2 Å². The lowest BCUT2D eigenvalue weighted by Gasteiger charge is -2.30. The van der Waals surface area contributed by atoms with Crippen LogP contribution in [0.4, 0.5) is 20.6 Å². The molecule has 1 heterocycles. The molecule has 6 nitrogen and oxygen atoms in total. The molecule has 2 amide bonds. The maximum absolute atomic E-state index is 14.2. The molecule has 0 radical (unpaired) electrons. The maximum atomic E-state index is 14.2. The molecule has 28 heavy (non-hydrogen) atoms. The van der Waals surface area contributed by atoms with Crippen LogP contribution in [0.3, 0.4) is 0 Å². The van der Waals surface area contributed by atoms with Gasteiger partial charge in [-0.25, -0.2) is 9.18 Å². The Hall–Kier alpha value is -2.80. The first-order chi connectivity index (χ1) is 13.1. The van der Waals surface area contributed by atoms with E-state index in [1.165, 1.54) is 17.0 Å². The number of amides is 2. The smallest absolute Gasteiger partial charge is 0.412 e. The number of fused-ring (bicyclic) bond motifs is 1. The molecule has 0 fully saturated rings. The second-order valence-corrected chi connectivity index (χ2v) is 7.69. The number of anilines is 2. The van der Waals surface area contributed by atoms with E-state index in [4.69, 9.17) is 21.1 Å². The number of hydrogen-bond acceptors (Lipinski definition) is 4. The van der Waals surface area contributed by atoms with E-state index in [0.29, 0.717) is 17.1 Å². The van der Waals surface area contributed by atoms with Crippen molar-refractivity contribution in [3.05, 3.63) is 52.8 Å². The molecule has 3 rings (SSSR count). The first kappa shape index (κ1) is 19.9. The van der Waals surface area contributed by atoms with Gasteiger partial charge in [-0.3, -0.25) is 10.1 Å². The number of carbonyl (C=O) groups is 2. The maximum Gasteiger partial charge on any atom is 0.412 e. The van der Waals surface area contributed by atoms with Crippen molar-refractivity contribution in [2.45, 2.75) is 32.9 Å². The molecule has 0 aromatic heterocycles. The van der Waals surface area contributed by atoms with Crippen LogP contribution in [-0.2, 0) is 16.1 Å². The van der Waals surface area contributed by atoms with Gasteiger partial charge in [0.1, 0.15) is 17.2 Å². The third kappa shape index (κ3) is 4.54. The number of carbonyl (C=O) groups excluding carboxylic acids is 2. The molecule has 0 saturated carbocycles. The molecule has 1 aliphatic rings. The SMILES string of the molecule is CC(C)(C)OC(=O)Nc1ccc2c(c1)N(Cc1c(F)cccc1Cl)C(=O)CO2. The van der Waals surface area contributed by atoms with Crippen LogP contribution in [0.2, 0.25) is 5.02 Å². The molecule has 0 bridgehead atoms. The molecule has 2 aromatic carbocycles. The highest BCUT2D eigenvalue weighted by Crippen LogP contribution is 2.36. The third-order valence-corrected chi connectivity index (χ3v) is 4.28. The van der Waals surface area contributed by atoms with E-state index in [2.05, 4.69) is 5.32 Å². The number of halogens is 2. The lowest BCUT2D eigenvalue weighted by atomic mass is 10.1. The highest BCUT2D eigenvalue weighted by atomic mass is 35.5. The highest BCUT2D eigenvalue weighted by molar-refractivity contribution is 6.31. The summed E-state index contributed by atoms with van der Waals surface area (Å²) in [5.41, 5.74) is 0.376. The van der Waals surface area contributed by atoms with Crippen molar-refractivity contribution < 1.29 is 23.5 Å². The Morgan fingerprint density at radius 2 is 2.07 bits per heavy atom. The van der Waals surface area contributed by atoms with E-state index < -0.39 is 17.5 Å². The predicted octanol–water partition coefficient (Wildman–Crippen LogP) is 4.75. The Labute approximate surface area is 167 Å². The minimum absolute atomic E-state index is 0.0589. The zero-order valence-electron chi connectivity index (χ0n) is 15.7. The first-order valence-corrected chi connectivity index (χ1v) is 9.02. The van der Waals surface area contributed by atoms with Crippen LogP contribution in [0.15, 0.2) is 36.4 Å². The zero-order valence-corrected chi connectivity index (χ0v) is 16.5. The minimum atomic E-state index is -0.648.